The monoisotopic (exact) mass is 427 g/mol. The first-order valence-corrected chi connectivity index (χ1v) is 11.5. The van der Waals surface area contributed by atoms with Crippen molar-refractivity contribution in [2.75, 3.05) is 19.6 Å². The molecule has 4 rings (SSSR count). The van der Waals surface area contributed by atoms with Crippen LogP contribution in [0.5, 0.6) is 0 Å². The molecule has 0 bridgehead atoms. The number of furan rings is 1. The van der Waals surface area contributed by atoms with Crippen molar-refractivity contribution in [2.45, 2.75) is 71.9 Å². The van der Waals surface area contributed by atoms with Gasteiger partial charge >= 0.3 is 0 Å². The Hall–Kier alpha value is -2.61. The molecule has 1 aliphatic heterocycles. The molecule has 168 valence electrons. The maximum atomic E-state index is 12.9. The van der Waals surface area contributed by atoms with Crippen molar-refractivity contribution in [3.8, 4) is 0 Å². The van der Waals surface area contributed by atoms with Gasteiger partial charge in [0.2, 0.25) is 5.91 Å². The Balaban J connectivity index is 1.35. The summed E-state index contributed by atoms with van der Waals surface area (Å²) in [5.41, 5.74) is 2.00. The third kappa shape index (κ3) is 4.54. The van der Waals surface area contributed by atoms with Gasteiger partial charge in [-0.15, -0.1) is 0 Å². The standard InChI is InChI=1S/C23H33N5O3/c1-4-21-25-27(23(30)19-15-20-18(28(19)21)14-17(3)31-20)12-7-9-22(29)24-10-13-26-11-6-5-8-16(26)2/h14-16H,4-13H2,1-3H3,(H,24,29)/t16-/m0/s1. The first-order valence-electron chi connectivity index (χ1n) is 11.5. The summed E-state index contributed by atoms with van der Waals surface area (Å²) in [6.45, 7) is 9.30. The minimum absolute atomic E-state index is 0.0326. The smallest absolute Gasteiger partial charge is 0.291 e. The van der Waals surface area contributed by atoms with Gasteiger partial charge in [0.15, 0.2) is 5.58 Å². The first-order chi connectivity index (χ1) is 15.0. The van der Waals surface area contributed by atoms with Gasteiger partial charge in [-0.25, -0.2) is 4.68 Å². The summed E-state index contributed by atoms with van der Waals surface area (Å²) >= 11 is 0. The van der Waals surface area contributed by atoms with Gasteiger partial charge < -0.3 is 9.73 Å². The number of likely N-dealkylation sites (tertiary alicyclic amines) is 1. The quantitative estimate of drug-likeness (QED) is 0.598. The minimum Gasteiger partial charge on any atom is -0.460 e. The van der Waals surface area contributed by atoms with Crippen LogP contribution >= 0.6 is 0 Å². The second kappa shape index (κ2) is 9.26. The van der Waals surface area contributed by atoms with Crippen LogP contribution < -0.4 is 10.9 Å². The Morgan fingerprint density at radius 1 is 1.26 bits per heavy atom. The largest absolute Gasteiger partial charge is 0.460 e. The molecule has 4 heterocycles. The van der Waals surface area contributed by atoms with E-state index in [9.17, 15) is 9.59 Å². The molecule has 0 radical (unpaired) electrons. The number of hydrogen-bond donors (Lipinski definition) is 1. The van der Waals surface area contributed by atoms with E-state index >= 15 is 0 Å². The molecule has 0 spiro atoms. The number of fused-ring (bicyclic) bond motifs is 3. The van der Waals surface area contributed by atoms with Crippen LogP contribution in [0.2, 0.25) is 0 Å². The fourth-order valence-corrected chi connectivity index (χ4v) is 4.60. The molecule has 1 saturated heterocycles. The molecule has 0 saturated carbocycles. The van der Waals surface area contributed by atoms with E-state index in [-0.39, 0.29) is 11.5 Å². The maximum Gasteiger partial charge on any atom is 0.291 e. The lowest BCUT2D eigenvalue weighted by atomic mass is 10.0. The maximum absolute atomic E-state index is 12.9. The number of aromatic nitrogens is 3. The summed E-state index contributed by atoms with van der Waals surface area (Å²) in [4.78, 5) is 27.6. The van der Waals surface area contributed by atoms with Gasteiger partial charge in [-0.05, 0) is 39.7 Å². The summed E-state index contributed by atoms with van der Waals surface area (Å²) in [7, 11) is 0. The number of rotatable bonds is 8. The lowest BCUT2D eigenvalue weighted by molar-refractivity contribution is -0.121. The van der Waals surface area contributed by atoms with Gasteiger partial charge in [-0.2, -0.15) is 5.10 Å². The van der Waals surface area contributed by atoms with Crippen LogP contribution in [0.25, 0.3) is 16.6 Å². The van der Waals surface area contributed by atoms with E-state index in [0.717, 1.165) is 30.2 Å². The Labute approximate surface area is 182 Å². The van der Waals surface area contributed by atoms with Crippen LogP contribution in [0.15, 0.2) is 21.3 Å². The number of nitrogens with zero attached hydrogens (tertiary/aromatic N) is 4. The van der Waals surface area contributed by atoms with E-state index in [1.165, 1.54) is 23.9 Å². The van der Waals surface area contributed by atoms with Crippen LogP contribution in [0, 0.1) is 6.92 Å². The van der Waals surface area contributed by atoms with Crippen molar-refractivity contribution in [3.05, 3.63) is 34.1 Å². The van der Waals surface area contributed by atoms with E-state index in [1.807, 2.05) is 24.3 Å². The van der Waals surface area contributed by atoms with Crippen LogP contribution in [-0.2, 0) is 17.8 Å². The molecule has 0 aliphatic carbocycles. The molecule has 1 N–H and O–H groups in total. The average molecular weight is 428 g/mol. The predicted molar refractivity (Wildman–Crippen MR) is 120 cm³/mol. The van der Waals surface area contributed by atoms with Crippen molar-refractivity contribution < 1.29 is 9.21 Å². The van der Waals surface area contributed by atoms with Gasteiger partial charge in [0.25, 0.3) is 5.56 Å². The van der Waals surface area contributed by atoms with Crippen molar-refractivity contribution in [3.63, 3.8) is 0 Å². The summed E-state index contributed by atoms with van der Waals surface area (Å²) in [6, 6.07) is 4.32. The highest BCUT2D eigenvalue weighted by atomic mass is 16.3. The van der Waals surface area contributed by atoms with Crippen molar-refractivity contribution >= 4 is 22.5 Å². The molecule has 0 aromatic carbocycles. The molecule has 8 heteroatoms. The highest BCUT2D eigenvalue weighted by Gasteiger charge is 2.18. The van der Waals surface area contributed by atoms with Crippen LogP contribution in [0.4, 0.5) is 0 Å². The molecule has 1 aliphatic rings. The molecule has 1 fully saturated rings. The van der Waals surface area contributed by atoms with E-state index < -0.39 is 0 Å². The highest BCUT2D eigenvalue weighted by molar-refractivity contribution is 5.83. The SMILES string of the molecule is CCc1nn(CCCC(=O)NCCN2CCCC[C@@H]2C)c(=O)c2cc3oc(C)cc3n12. The third-order valence-electron chi connectivity index (χ3n) is 6.31. The molecule has 1 atom stereocenters. The fraction of sp³-hybridized carbons (Fsp3) is 0.609. The molecule has 3 aromatic heterocycles. The Morgan fingerprint density at radius 3 is 2.87 bits per heavy atom. The lowest BCUT2D eigenvalue weighted by Crippen LogP contribution is -2.42. The number of carbonyl (C=O) groups excluding carboxylic acids is 1. The van der Waals surface area contributed by atoms with Gasteiger partial charge in [0.05, 0.1) is 5.52 Å². The van der Waals surface area contributed by atoms with E-state index in [0.29, 0.717) is 49.5 Å². The van der Waals surface area contributed by atoms with Gasteiger partial charge in [0, 0.05) is 50.7 Å². The topological polar surface area (TPSA) is 84.8 Å². The van der Waals surface area contributed by atoms with Crippen molar-refractivity contribution in [2.24, 2.45) is 0 Å². The van der Waals surface area contributed by atoms with E-state index in [1.54, 1.807) is 6.07 Å². The van der Waals surface area contributed by atoms with E-state index in [4.69, 9.17) is 4.42 Å². The summed E-state index contributed by atoms with van der Waals surface area (Å²) in [5, 5.41) is 7.58. The minimum atomic E-state index is -0.152. The van der Waals surface area contributed by atoms with Crippen molar-refractivity contribution in [1.82, 2.24) is 24.4 Å². The number of piperidine rings is 1. The predicted octanol–water partition coefficient (Wildman–Crippen LogP) is 2.88. The molecule has 8 nitrogen and oxygen atoms in total. The molecule has 1 amide bonds. The van der Waals surface area contributed by atoms with Gasteiger partial charge in [-0.3, -0.25) is 18.9 Å². The first kappa shape index (κ1) is 21.6. The van der Waals surface area contributed by atoms with E-state index in [2.05, 4.69) is 22.2 Å². The Morgan fingerprint density at radius 2 is 2.10 bits per heavy atom. The number of carbonyl (C=O) groups is 1. The molecule has 3 aromatic rings. The van der Waals surface area contributed by atoms with Crippen LogP contribution in [0.1, 0.15) is 57.5 Å². The summed E-state index contributed by atoms with van der Waals surface area (Å²) in [5.74, 6) is 1.65. The zero-order valence-corrected chi connectivity index (χ0v) is 18.8. The highest BCUT2D eigenvalue weighted by Crippen LogP contribution is 2.23. The van der Waals surface area contributed by atoms with Gasteiger partial charge in [-0.1, -0.05) is 13.3 Å². The second-order valence-electron chi connectivity index (χ2n) is 8.60. The lowest BCUT2D eigenvalue weighted by Gasteiger charge is -2.33. The third-order valence-corrected chi connectivity index (χ3v) is 6.31. The van der Waals surface area contributed by atoms with Crippen LogP contribution in [0.3, 0.4) is 0 Å². The zero-order valence-electron chi connectivity index (χ0n) is 18.8. The normalized spacial score (nSPS) is 17.6. The number of nitrogens with one attached hydrogen (secondary N) is 1. The Bertz CT molecular complexity index is 1130. The molecular weight excluding hydrogens is 394 g/mol. The zero-order chi connectivity index (χ0) is 22.0. The number of hydrogen-bond acceptors (Lipinski definition) is 5. The number of amides is 1. The molecule has 0 unspecified atom stereocenters. The fourth-order valence-electron chi connectivity index (χ4n) is 4.60. The summed E-state index contributed by atoms with van der Waals surface area (Å²) in [6.07, 6.45) is 5.45. The average Bonchev–Trinajstić information content (AvgIpc) is 3.28. The van der Waals surface area contributed by atoms with Crippen LogP contribution in [-0.4, -0.2) is 50.7 Å². The molecule has 31 heavy (non-hydrogen) atoms. The number of aryl methyl sites for hydroxylation is 3. The Kier molecular flexibility index (Phi) is 6.46. The molecular formula is C23H33N5O3. The second-order valence-corrected chi connectivity index (χ2v) is 8.60. The van der Waals surface area contributed by atoms with Gasteiger partial charge in [0.1, 0.15) is 17.1 Å². The van der Waals surface area contributed by atoms with Crippen molar-refractivity contribution in [1.29, 1.82) is 0 Å². The summed E-state index contributed by atoms with van der Waals surface area (Å²) < 4.78 is 9.07.